The third-order valence-corrected chi connectivity index (χ3v) is 1.23. The van der Waals surface area contributed by atoms with Gasteiger partial charge in [-0.1, -0.05) is 6.08 Å². The molecule has 0 saturated heterocycles. The quantitative estimate of drug-likeness (QED) is 0.483. The highest BCUT2D eigenvalue weighted by Crippen LogP contribution is 2.18. The van der Waals surface area contributed by atoms with Crippen LogP contribution in [0.5, 0.6) is 0 Å². The van der Waals surface area contributed by atoms with Crippen LogP contribution < -0.4 is 0 Å². The van der Waals surface area contributed by atoms with Gasteiger partial charge in [0.2, 0.25) is 0 Å². The first-order valence-corrected chi connectivity index (χ1v) is 2.80. The van der Waals surface area contributed by atoms with E-state index in [9.17, 15) is 4.39 Å². The summed E-state index contributed by atoms with van der Waals surface area (Å²) < 4.78 is 12.5. The van der Waals surface area contributed by atoms with E-state index in [1.807, 2.05) is 6.08 Å². The van der Waals surface area contributed by atoms with Gasteiger partial charge in [-0.05, 0) is 12.5 Å². The normalized spacial score (nSPS) is 17.8. The van der Waals surface area contributed by atoms with Crippen molar-refractivity contribution in [3.63, 3.8) is 0 Å². The van der Waals surface area contributed by atoms with E-state index in [1.165, 1.54) is 6.08 Å². The van der Waals surface area contributed by atoms with Gasteiger partial charge in [0.25, 0.3) is 0 Å². The Balaban J connectivity index is 2.88. The van der Waals surface area contributed by atoms with E-state index in [0.717, 1.165) is 6.42 Å². The molecule has 0 aromatic rings. The van der Waals surface area contributed by atoms with Crippen LogP contribution in [0.4, 0.5) is 4.39 Å². The molecule has 0 aromatic carbocycles. The van der Waals surface area contributed by atoms with Crippen molar-refractivity contribution in [3.05, 3.63) is 23.6 Å². The van der Waals surface area contributed by atoms with Gasteiger partial charge in [0.1, 0.15) is 11.9 Å². The van der Waals surface area contributed by atoms with Crippen LogP contribution in [0.25, 0.3) is 0 Å². The molecule has 0 aromatic heterocycles. The minimum absolute atomic E-state index is 0.182. The Bertz CT molecular complexity index is 207. The molecule has 0 aliphatic heterocycles. The second-order valence-electron chi connectivity index (χ2n) is 1.87. The van der Waals surface area contributed by atoms with E-state index in [2.05, 4.69) is 0 Å². The molecule has 46 valence electrons. The lowest BCUT2D eigenvalue weighted by atomic mass is 10.1. The van der Waals surface area contributed by atoms with Crippen LogP contribution in [0, 0.1) is 11.3 Å². The third-order valence-electron chi connectivity index (χ3n) is 1.23. The van der Waals surface area contributed by atoms with E-state index in [0.29, 0.717) is 6.42 Å². The maximum Gasteiger partial charge on any atom is 0.118 e. The van der Waals surface area contributed by atoms with Gasteiger partial charge in [-0.15, -0.1) is 0 Å². The summed E-state index contributed by atoms with van der Waals surface area (Å²) in [4.78, 5) is 0. The molecule has 1 aliphatic rings. The molecule has 0 saturated carbocycles. The summed E-state index contributed by atoms with van der Waals surface area (Å²) in [5, 5.41) is 8.26. The van der Waals surface area contributed by atoms with Gasteiger partial charge in [-0.2, -0.15) is 5.26 Å². The lowest BCUT2D eigenvalue weighted by Crippen LogP contribution is -1.86. The van der Waals surface area contributed by atoms with Crippen LogP contribution in [0.2, 0.25) is 0 Å². The number of nitriles is 1. The van der Waals surface area contributed by atoms with Gasteiger partial charge >= 0.3 is 0 Å². The highest BCUT2D eigenvalue weighted by molar-refractivity contribution is 5.37. The Morgan fingerprint density at radius 1 is 1.67 bits per heavy atom. The summed E-state index contributed by atoms with van der Waals surface area (Å²) in [6.07, 6.45) is 4.44. The average Bonchev–Trinajstić information content (AvgIpc) is 1.89. The molecule has 0 N–H and O–H groups in total. The smallest absolute Gasteiger partial charge is 0.118 e. The van der Waals surface area contributed by atoms with Gasteiger partial charge in [-0.25, -0.2) is 4.39 Å². The summed E-state index contributed by atoms with van der Waals surface area (Å²) in [5.74, 6) is -0.278. The van der Waals surface area contributed by atoms with Crippen LogP contribution in [0.3, 0.4) is 0 Å². The van der Waals surface area contributed by atoms with Crippen molar-refractivity contribution >= 4 is 0 Å². The predicted octanol–water partition coefficient (Wildman–Crippen LogP) is 2.08. The number of hydrogen-bond donors (Lipinski definition) is 0. The molecule has 0 fully saturated rings. The second kappa shape index (κ2) is 2.45. The largest absolute Gasteiger partial charge is 0.210 e. The van der Waals surface area contributed by atoms with Gasteiger partial charge in [0, 0.05) is 6.42 Å². The Hall–Kier alpha value is -1.10. The van der Waals surface area contributed by atoms with Gasteiger partial charge in [-0.3, -0.25) is 0 Å². The Labute approximate surface area is 53.1 Å². The molecule has 2 heteroatoms. The minimum atomic E-state index is -0.278. The maximum atomic E-state index is 12.5. The van der Waals surface area contributed by atoms with E-state index < -0.39 is 0 Å². The molecule has 0 atom stereocenters. The topological polar surface area (TPSA) is 23.8 Å². The fourth-order valence-electron chi connectivity index (χ4n) is 0.734. The molecule has 0 bridgehead atoms. The zero-order valence-electron chi connectivity index (χ0n) is 4.89. The Kier molecular flexibility index (Phi) is 1.64. The average molecular weight is 123 g/mol. The van der Waals surface area contributed by atoms with E-state index in [-0.39, 0.29) is 11.4 Å². The van der Waals surface area contributed by atoms with E-state index in [4.69, 9.17) is 5.26 Å². The molecule has 0 radical (unpaired) electrons. The Morgan fingerprint density at radius 3 is 2.89 bits per heavy atom. The monoisotopic (exact) mass is 123 g/mol. The van der Waals surface area contributed by atoms with Crippen molar-refractivity contribution in [1.82, 2.24) is 0 Å². The van der Waals surface area contributed by atoms with Gasteiger partial charge in [0.15, 0.2) is 0 Å². The number of nitrogens with zero attached hydrogens (tertiary/aromatic N) is 1. The van der Waals surface area contributed by atoms with Crippen molar-refractivity contribution in [3.8, 4) is 6.07 Å². The lowest BCUT2D eigenvalue weighted by molar-refractivity contribution is 0.582. The summed E-state index contributed by atoms with van der Waals surface area (Å²) >= 11 is 0. The lowest BCUT2D eigenvalue weighted by Gasteiger charge is -1.99. The molecule has 1 aliphatic carbocycles. The highest BCUT2D eigenvalue weighted by atomic mass is 19.1. The van der Waals surface area contributed by atoms with Crippen molar-refractivity contribution in [2.75, 3.05) is 0 Å². The molecule has 0 unspecified atom stereocenters. The van der Waals surface area contributed by atoms with Gasteiger partial charge in [0.05, 0.1) is 5.57 Å². The molecule has 1 nitrogen and oxygen atoms in total. The molecule has 1 rings (SSSR count). The van der Waals surface area contributed by atoms with Crippen molar-refractivity contribution in [2.45, 2.75) is 12.8 Å². The summed E-state index contributed by atoms with van der Waals surface area (Å²) in [7, 11) is 0. The zero-order valence-corrected chi connectivity index (χ0v) is 4.89. The molecule has 9 heavy (non-hydrogen) atoms. The number of allylic oxidation sites excluding steroid dienone is 4. The first-order chi connectivity index (χ1) is 4.34. The van der Waals surface area contributed by atoms with Crippen LogP contribution in [0.15, 0.2) is 23.6 Å². The van der Waals surface area contributed by atoms with Crippen LogP contribution in [-0.2, 0) is 0 Å². The van der Waals surface area contributed by atoms with Gasteiger partial charge < -0.3 is 0 Å². The number of hydrogen-bond acceptors (Lipinski definition) is 1. The molecule has 0 spiro atoms. The Morgan fingerprint density at radius 2 is 2.44 bits per heavy atom. The van der Waals surface area contributed by atoms with E-state index in [1.54, 1.807) is 6.07 Å². The summed E-state index contributed by atoms with van der Waals surface area (Å²) in [6.45, 7) is 0. The SMILES string of the molecule is N#CC1=C(F)CCC=C1. The maximum absolute atomic E-state index is 12.5. The second-order valence-corrected chi connectivity index (χ2v) is 1.87. The van der Waals surface area contributed by atoms with Crippen LogP contribution >= 0.6 is 0 Å². The molecule has 0 amide bonds. The molecule has 0 heterocycles. The highest BCUT2D eigenvalue weighted by Gasteiger charge is 2.05. The van der Waals surface area contributed by atoms with Crippen LogP contribution in [0.1, 0.15) is 12.8 Å². The third kappa shape index (κ3) is 1.17. The molecular formula is C7H6FN. The van der Waals surface area contributed by atoms with E-state index >= 15 is 0 Å². The first kappa shape index (κ1) is 6.03. The zero-order chi connectivity index (χ0) is 6.69. The van der Waals surface area contributed by atoms with Crippen molar-refractivity contribution in [1.29, 1.82) is 5.26 Å². The minimum Gasteiger partial charge on any atom is -0.210 e. The standard InChI is InChI=1S/C7H6FN/c8-7-4-2-1-3-6(7)5-9/h1,3H,2,4H2. The fourth-order valence-corrected chi connectivity index (χ4v) is 0.734. The number of halogens is 1. The van der Waals surface area contributed by atoms with Crippen molar-refractivity contribution in [2.24, 2.45) is 0 Å². The number of rotatable bonds is 0. The van der Waals surface area contributed by atoms with Crippen LogP contribution in [-0.4, -0.2) is 0 Å². The summed E-state index contributed by atoms with van der Waals surface area (Å²) in [5.41, 5.74) is 0.182. The molecular weight excluding hydrogens is 117 g/mol. The summed E-state index contributed by atoms with van der Waals surface area (Å²) in [6, 6.07) is 1.77. The predicted molar refractivity (Wildman–Crippen MR) is 32.1 cm³/mol. The first-order valence-electron chi connectivity index (χ1n) is 2.80. The van der Waals surface area contributed by atoms with Crippen molar-refractivity contribution < 1.29 is 4.39 Å². The fraction of sp³-hybridized carbons (Fsp3) is 0.286.